The Bertz CT molecular complexity index is 1040. The van der Waals surface area contributed by atoms with Crippen LogP contribution in [-0.2, 0) is 0 Å². The number of anilines is 1. The molecule has 29 heavy (non-hydrogen) atoms. The van der Waals surface area contributed by atoms with Gasteiger partial charge < -0.3 is 30.4 Å². The number of ether oxygens (including phenoxy) is 2. The molecule has 0 spiro atoms. The lowest BCUT2D eigenvalue weighted by atomic mass is 9.95. The summed E-state index contributed by atoms with van der Waals surface area (Å²) in [5, 5.41) is 19.1. The third kappa shape index (κ3) is 3.86. The summed E-state index contributed by atoms with van der Waals surface area (Å²) in [5.41, 5.74) is 2.84. The molecule has 2 aromatic rings. The van der Waals surface area contributed by atoms with E-state index in [1.54, 1.807) is 0 Å². The van der Waals surface area contributed by atoms with Crippen LogP contribution in [0.1, 0.15) is 46.4 Å². The molecule has 1 aliphatic rings. The molecule has 1 aromatic carbocycles. The van der Waals surface area contributed by atoms with Crippen LogP contribution in [0.2, 0.25) is 5.02 Å². The van der Waals surface area contributed by atoms with E-state index in [1.165, 1.54) is 19.2 Å². The molecule has 5 N–H and O–H groups in total. The Hall–Kier alpha value is -3.20. The second-order valence-corrected chi connectivity index (χ2v) is 7.02. The second-order valence-electron chi connectivity index (χ2n) is 6.61. The summed E-state index contributed by atoms with van der Waals surface area (Å²) in [6, 6.07) is 2.77. The molecule has 0 unspecified atom stereocenters. The summed E-state index contributed by atoms with van der Waals surface area (Å²) in [4.78, 5) is 37.7. The molecule has 1 aliphatic carbocycles. The van der Waals surface area contributed by atoms with Gasteiger partial charge in [0.1, 0.15) is 16.9 Å². The first-order valence-electron chi connectivity index (χ1n) is 8.81. The zero-order chi connectivity index (χ0) is 21.3. The number of H-pyrrole nitrogens is 1. The molecule has 0 atom stereocenters. The van der Waals surface area contributed by atoms with Gasteiger partial charge in [-0.05, 0) is 31.7 Å². The summed E-state index contributed by atoms with van der Waals surface area (Å²) in [6.07, 6.45) is 3.88. The van der Waals surface area contributed by atoms with Gasteiger partial charge in [0.15, 0.2) is 11.5 Å². The number of nitrogens with one attached hydrogen (secondary N) is 1. The maximum atomic E-state index is 12.2. The molecule has 1 heterocycles. The van der Waals surface area contributed by atoms with Gasteiger partial charge in [0.05, 0.1) is 18.2 Å². The number of nitrogens with two attached hydrogens (primary N) is 1. The highest BCUT2D eigenvalue weighted by Crippen LogP contribution is 2.42. The van der Waals surface area contributed by atoms with E-state index < -0.39 is 40.0 Å². The highest BCUT2D eigenvalue weighted by Gasteiger charge is 2.29. The van der Waals surface area contributed by atoms with Gasteiger partial charge in [0.2, 0.25) is 0 Å². The predicted octanol–water partition coefficient (Wildman–Crippen LogP) is 3.00. The summed E-state index contributed by atoms with van der Waals surface area (Å²) in [5.74, 6) is -3.05. The van der Waals surface area contributed by atoms with Gasteiger partial charge in [-0.25, -0.2) is 9.59 Å². The molecule has 1 fully saturated rings. The van der Waals surface area contributed by atoms with Crippen LogP contribution in [-0.4, -0.2) is 40.3 Å². The van der Waals surface area contributed by atoms with Crippen molar-refractivity contribution in [3.63, 3.8) is 0 Å². The fourth-order valence-electron chi connectivity index (χ4n) is 3.48. The molecule has 3 rings (SSSR count). The SMILES string of the molecule is COc1cc(-c2c(C(=O)O)c(N)[nH]c(=O)c2C(=O)O)c(Cl)cc1OC1CCCC1. The van der Waals surface area contributed by atoms with Crippen LogP contribution in [0.5, 0.6) is 11.5 Å². The Balaban J connectivity index is 2.26. The molecular weight excluding hydrogens is 404 g/mol. The Labute approximate surface area is 170 Å². The first-order valence-corrected chi connectivity index (χ1v) is 9.19. The van der Waals surface area contributed by atoms with Crippen molar-refractivity contribution in [3.8, 4) is 22.6 Å². The number of aromatic amines is 1. The van der Waals surface area contributed by atoms with E-state index in [4.69, 9.17) is 26.8 Å². The van der Waals surface area contributed by atoms with E-state index in [-0.39, 0.29) is 22.4 Å². The van der Waals surface area contributed by atoms with Gasteiger partial charge in [-0.1, -0.05) is 11.6 Å². The molecular formula is C19H19ClN2O7. The van der Waals surface area contributed by atoms with Crippen molar-refractivity contribution >= 4 is 29.4 Å². The zero-order valence-corrected chi connectivity index (χ0v) is 16.2. The van der Waals surface area contributed by atoms with Crippen LogP contribution in [0, 0.1) is 0 Å². The largest absolute Gasteiger partial charge is 0.493 e. The van der Waals surface area contributed by atoms with Gasteiger partial charge in [-0.3, -0.25) is 4.79 Å². The van der Waals surface area contributed by atoms with Crippen LogP contribution in [0.3, 0.4) is 0 Å². The number of carboxylic acid groups (broad SMARTS) is 2. The van der Waals surface area contributed by atoms with E-state index in [0.717, 1.165) is 25.7 Å². The minimum atomic E-state index is -1.62. The Morgan fingerprint density at radius 1 is 1.14 bits per heavy atom. The number of benzene rings is 1. The van der Waals surface area contributed by atoms with Crippen LogP contribution >= 0.6 is 11.6 Å². The van der Waals surface area contributed by atoms with E-state index in [9.17, 15) is 24.6 Å². The fourth-order valence-corrected chi connectivity index (χ4v) is 3.73. The van der Waals surface area contributed by atoms with Crippen LogP contribution in [0.15, 0.2) is 16.9 Å². The maximum absolute atomic E-state index is 12.2. The molecule has 0 saturated heterocycles. The minimum absolute atomic E-state index is 0.00481. The van der Waals surface area contributed by atoms with Crippen molar-refractivity contribution in [2.45, 2.75) is 31.8 Å². The number of carbonyl (C=O) groups is 2. The summed E-state index contributed by atoms with van der Waals surface area (Å²) < 4.78 is 11.3. The minimum Gasteiger partial charge on any atom is -0.493 e. The van der Waals surface area contributed by atoms with E-state index in [2.05, 4.69) is 0 Å². The van der Waals surface area contributed by atoms with Crippen molar-refractivity contribution < 1.29 is 29.3 Å². The Morgan fingerprint density at radius 2 is 1.76 bits per heavy atom. The number of aromatic nitrogens is 1. The lowest BCUT2D eigenvalue weighted by Gasteiger charge is -2.19. The molecule has 0 aliphatic heterocycles. The molecule has 1 saturated carbocycles. The van der Waals surface area contributed by atoms with Crippen molar-refractivity contribution in [3.05, 3.63) is 38.6 Å². The molecule has 154 valence electrons. The zero-order valence-electron chi connectivity index (χ0n) is 15.5. The second kappa shape index (κ2) is 8.04. The number of hydrogen-bond donors (Lipinski definition) is 4. The highest BCUT2D eigenvalue weighted by atomic mass is 35.5. The highest BCUT2D eigenvalue weighted by molar-refractivity contribution is 6.34. The fraction of sp³-hybridized carbons (Fsp3) is 0.316. The third-order valence-corrected chi connectivity index (χ3v) is 5.10. The smallest absolute Gasteiger partial charge is 0.342 e. The summed E-state index contributed by atoms with van der Waals surface area (Å²) in [7, 11) is 1.39. The van der Waals surface area contributed by atoms with Crippen molar-refractivity contribution in [1.82, 2.24) is 4.98 Å². The van der Waals surface area contributed by atoms with Crippen LogP contribution < -0.4 is 20.8 Å². The Morgan fingerprint density at radius 3 is 2.31 bits per heavy atom. The molecule has 1 aromatic heterocycles. The lowest BCUT2D eigenvalue weighted by Crippen LogP contribution is -2.24. The van der Waals surface area contributed by atoms with E-state index >= 15 is 0 Å². The number of nitrogen functional groups attached to an aromatic ring is 1. The third-order valence-electron chi connectivity index (χ3n) is 4.79. The number of pyridine rings is 1. The van der Waals surface area contributed by atoms with Crippen LogP contribution in [0.4, 0.5) is 5.82 Å². The molecule has 10 heteroatoms. The average molecular weight is 423 g/mol. The van der Waals surface area contributed by atoms with Gasteiger partial charge in [-0.2, -0.15) is 0 Å². The number of aromatic carboxylic acids is 2. The summed E-state index contributed by atoms with van der Waals surface area (Å²) in [6.45, 7) is 0. The topological polar surface area (TPSA) is 152 Å². The number of carboxylic acids is 2. The van der Waals surface area contributed by atoms with Crippen molar-refractivity contribution in [2.75, 3.05) is 12.8 Å². The van der Waals surface area contributed by atoms with Gasteiger partial charge in [-0.15, -0.1) is 0 Å². The number of hydrogen-bond acceptors (Lipinski definition) is 6. The number of methoxy groups -OCH3 is 1. The first kappa shape index (κ1) is 20.5. The molecule has 0 radical (unpaired) electrons. The van der Waals surface area contributed by atoms with E-state index in [0.29, 0.717) is 5.75 Å². The number of halogens is 1. The first-order chi connectivity index (χ1) is 13.7. The quantitative estimate of drug-likeness (QED) is 0.554. The van der Waals surface area contributed by atoms with Crippen LogP contribution in [0.25, 0.3) is 11.1 Å². The van der Waals surface area contributed by atoms with Crippen molar-refractivity contribution in [1.29, 1.82) is 0 Å². The van der Waals surface area contributed by atoms with Gasteiger partial charge >= 0.3 is 11.9 Å². The lowest BCUT2D eigenvalue weighted by molar-refractivity contribution is 0.0695. The summed E-state index contributed by atoms with van der Waals surface area (Å²) >= 11 is 6.36. The molecule has 0 bridgehead atoms. The normalized spacial score (nSPS) is 14.0. The van der Waals surface area contributed by atoms with E-state index in [1.807, 2.05) is 4.98 Å². The standard InChI is InChI=1S/C19H19ClN2O7/c1-28-11-6-9(10(20)7-12(11)29-8-4-2-3-5-8)13-14(18(24)25)16(21)22-17(23)15(13)19(26)27/h6-8H,2-5H2,1H3,(H,24,25)(H,26,27)(H3,21,22,23). The van der Waals surface area contributed by atoms with Gasteiger partial charge in [0, 0.05) is 17.2 Å². The molecule has 0 amide bonds. The predicted molar refractivity (Wildman–Crippen MR) is 105 cm³/mol. The van der Waals surface area contributed by atoms with Crippen molar-refractivity contribution in [2.24, 2.45) is 0 Å². The Kier molecular flexibility index (Phi) is 5.69. The van der Waals surface area contributed by atoms with Gasteiger partial charge in [0.25, 0.3) is 5.56 Å². The molecule has 9 nitrogen and oxygen atoms in total. The number of rotatable bonds is 6. The average Bonchev–Trinajstić information content (AvgIpc) is 3.13. The maximum Gasteiger partial charge on any atom is 0.342 e. The monoisotopic (exact) mass is 422 g/mol.